The highest BCUT2D eigenvalue weighted by molar-refractivity contribution is 5.99. The quantitative estimate of drug-likeness (QED) is 0.0128. The van der Waals surface area contributed by atoms with Crippen molar-refractivity contribution in [3.05, 3.63) is 35.9 Å². The van der Waals surface area contributed by atoms with Gasteiger partial charge in [-0.1, -0.05) is 58.0 Å². The standard InChI is InChI=1S/C51H85N17O14/c1-27(2)22-35(63-43(74)29(5)58-41(73)24-53)51(82)68-21-11-15-37(68)49(80)60-33(17-19-40(72)67-56)47(78)65-42(28(3)4)50(81)61-31(14-9-10-20-52)45(76)64-36(26-69)48(79)59-32(16-18-39(71)66-55)46(77)62-34(44(75)57-25-38(54)70)23-30-12-7-6-8-13-30/h6-8,12-13,27-29,31-37,42,69H,9-11,14-26,52-53,55-56H2,1-5H3,(H2,54,70)(H,57,75)(H,58,73)(H,59,79)(H,60,80)(H,61,81)(H,62,77)(H,63,74)(H,64,76)(H,65,78)(H,66,71)(H,67,72)/t29-,31-,32-,33-,34-,35-,36-,37-,42-/m0/s1. The maximum atomic E-state index is 14.2. The minimum absolute atomic E-state index is 0.0811. The van der Waals surface area contributed by atoms with E-state index < -0.39 is 163 Å². The Morgan fingerprint density at radius 3 is 1.66 bits per heavy atom. The van der Waals surface area contributed by atoms with Crippen LogP contribution < -0.4 is 87.6 Å². The summed E-state index contributed by atoms with van der Waals surface area (Å²) < 4.78 is 0. The highest BCUT2D eigenvalue weighted by Crippen LogP contribution is 2.21. The molecule has 1 aromatic rings. The van der Waals surface area contributed by atoms with Gasteiger partial charge < -0.3 is 75.1 Å². The molecule has 458 valence electrons. The number of hydrogen-bond donors (Lipinski definition) is 17. The maximum absolute atomic E-state index is 14.2. The number of hydrogen-bond acceptors (Lipinski definition) is 18. The van der Waals surface area contributed by atoms with Crippen LogP contribution in [0.2, 0.25) is 0 Å². The summed E-state index contributed by atoms with van der Waals surface area (Å²) in [7, 11) is 0. The van der Waals surface area contributed by atoms with Crippen molar-refractivity contribution < 1.29 is 67.4 Å². The van der Waals surface area contributed by atoms with Crippen molar-refractivity contribution >= 4 is 76.8 Å². The second-order valence-electron chi connectivity index (χ2n) is 20.5. The fourth-order valence-corrected chi connectivity index (χ4v) is 8.54. The van der Waals surface area contributed by atoms with E-state index in [1.54, 1.807) is 44.2 Å². The molecule has 22 N–H and O–H groups in total. The summed E-state index contributed by atoms with van der Waals surface area (Å²) in [4.78, 5) is 174. The molecule has 0 aliphatic carbocycles. The third-order valence-electron chi connectivity index (χ3n) is 13.0. The number of unbranched alkanes of at least 4 members (excludes halogenated alkanes) is 1. The van der Waals surface area contributed by atoms with Crippen LogP contribution in [-0.2, 0) is 68.7 Å². The van der Waals surface area contributed by atoms with Crippen molar-refractivity contribution in [2.75, 3.05) is 32.8 Å². The molecule has 1 aliphatic heterocycles. The van der Waals surface area contributed by atoms with Gasteiger partial charge in [-0.2, -0.15) is 0 Å². The van der Waals surface area contributed by atoms with E-state index in [9.17, 15) is 67.4 Å². The Bertz CT molecular complexity index is 2360. The molecule has 1 saturated heterocycles. The Morgan fingerprint density at radius 2 is 1.12 bits per heavy atom. The summed E-state index contributed by atoms with van der Waals surface area (Å²) in [5.74, 6) is -0.988. The molecule has 9 atom stereocenters. The van der Waals surface area contributed by atoms with Gasteiger partial charge in [0.1, 0.15) is 54.4 Å². The Kier molecular flexibility index (Phi) is 31.2. The molecule has 1 heterocycles. The second-order valence-corrected chi connectivity index (χ2v) is 20.5. The molecule has 0 saturated carbocycles. The summed E-state index contributed by atoms with van der Waals surface area (Å²) in [5, 5.41) is 32.9. The average Bonchev–Trinajstić information content (AvgIpc) is 4.01. The largest absolute Gasteiger partial charge is 0.394 e. The Morgan fingerprint density at radius 1 is 0.598 bits per heavy atom. The highest BCUT2D eigenvalue weighted by atomic mass is 16.3. The van der Waals surface area contributed by atoms with Crippen molar-refractivity contribution in [1.29, 1.82) is 0 Å². The number of amides is 13. The van der Waals surface area contributed by atoms with Gasteiger partial charge in [0.15, 0.2) is 0 Å². The van der Waals surface area contributed by atoms with Gasteiger partial charge in [-0.25, -0.2) is 11.7 Å². The number of primary amides is 1. The molecule has 31 nitrogen and oxygen atoms in total. The van der Waals surface area contributed by atoms with Crippen LogP contribution in [0.25, 0.3) is 0 Å². The lowest BCUT2D eigenvalue weighted by Gasteiger charge is -2.31. The number of benzene rings is 1. The predicted octanol–water partition coefficient (Wildman–Crippen LogP) is -6.96. The smallest absolute Gasteiger partial charge is 0.245 e. The van der Waals surface area contributed by atoms with E-state index in [4.69, 9.17) is 28.9 Å². The molecular formula is C51H85N17O14. The molecule has 0 spiro atoms. The van der Waals surface area contributed by atoms with Crippen molar-refractivity contribution in [3.8, 4) is 0 Å². The van der Waals surface area contributed by atoms with Crippen LogP contribution in [0.1, 0.15) is 104 Å². The van der Waals surface area contributed by atoms with E-state index in [-0.39, 0.29) is 70.5 Å². The zero-order valence-corrected chi connectivity index (χ0v) is 47.1. The normalized spacial score (nSPS) is 15.8. The van der Waals surface area contributed by atoms with Crippen molar-refractivity contribution in [2.45, 2.75) is 160 Å². The molecule has 82 heavy (non-hydrogen) atoms. The fraction of sp³-hybridized carbons (Fsp3) is 0.627. The third-order valence-corrected chi connectivity index (χ3v) is 13.0. The molecule has 1 aromatic carbocycles. The van der Waals surface area contributed by atoms with Gasteiger partial charge in [-0.05, 0) is 82.2 Å². The zero-order valence-electron chi connectivity index (χ0n) is 47.1. The lowest BCUT2D eigenvalue weighted by molar-refractivity contribution is -0.143. The van der Waals surface area contributed by atoms with Crippen molar-refractivity contribution in [3.63, 3.8) is 0 Å². The van der Waals surface area contributed by atoms with E-state index in [2.05, 4.69) is 47.9 Å². The van der Waals surface area contributed by atoms with Crippen molar-refractivity contribution in [2.24, 2.45) is 40.7 Å². The number of carbonyl (C=O) groups is 13. The van der Waals surface area contributed by atoms with Crippen LogP contribution in [0.4, 0.5) is 0 Å². The highest BCUT2D eigenvalue weighted by Gasteiger charge is 2.41. The van der Waals surface area contributed by atoms with Gasteiger partial charge in [-0.15, -0.1) is 0 Å². The molecule has 13 amide bonds. The first kappa shape index (κ1) is 70.2. The Hall–Kier alpha value is -7.87. The van der Waals surface area contributed by atoms with Gasteiger partial charge in [0.05, 0.1) is 19.7 Å². The topological polar surface area (TPSA) is 508 Å². The number of hydrazine groups is 2. The number of nitrogens with zero attached hydrogens (tertiary/aromatic N) is 1. The Balaban J connectivity index is 2.38. The van der Waals surface area contributed by atoms with Gasteiger partial charge >= 0.3 is 0 Å². The number of rotatable bonds is 36. The minimum atomic E-state index is -1.79. The number of aliphatic hydroxyl groups excluding tert-OH is 1. The second kappa shape index (κ2) is 36.5. The van der Waals surface area contributed by atoms with E-state index in [1.807, 2.05) is 24.7 Å². The van der Waals surface area contributed by atoms with E-state index in [1.165, 1.54) is 11.8 Å². The lowest BCUT2D eigenvalue weighted by atomic mass is 10.00. The molecule has 2 rings (SSSR count). The van der Waals surface area contributed by atoms with Crippen LogP contribution in [0.15, 0.2) is 30.3 Å². The summed E-state index contributed by atoms with van der Waals surface area (Å²) in [5.41, 5.74) is 20.7. The van der Waals surface area contributed by atoms with Crippen LogP contribution in [0.3, 0.4) is 0 Å². The minimum Gasteiger partial charge on any atom is -0.394 e. The van der Waals surface area contributed by atoms with Crippen LogP contribution in [0, 0.1) is 11.8 Å². The molecule has 0 radical (unpaired) electrons. The third kappa shape index (κ3) is 24.5. The first-order valence-corrected chi connectivity index (χ1v) is 27.1. The molecule has 1 fully saturated rings. The molecule has 0 unspecified atom stereocenters. The van der Waals surface area contributed by atoms with Gasteiger partial charge in [0.25, 0.3) is 0 Å². The van der Waals surface area contributed by atoms with Gasteiger partial charge in [0.2, 0.25) is 76.8 Å². The molecular weight excluding hydrogens is 1070 g/mol. The zero-order chi connectivity index (χ0) is 61.6. The molecule has 31 heteroatoms. The summed E-state index contributed by atoms with van der Waals surface area (Å²) in [6.45, 7) is 6.50. The number of likely N-dealkylation sites (tertiary alicyclic amines) is 1. The number of aliphatic hydroxyl groups is 1. The Labute approximate surface area is 475 Å². The summed E-state index contributed by atoms with van der Waals surface area (Å²) >= 11 is 0. The fourth-order valence-electron chi connectivity index (χ4n) is 8.54. The van der Waals surface area contributed by atoms with E-state index >= 15 is 0 Å². The number of nitrogens with two attached hydrogens (primary N) is 5. The monoisotopic (exact) mass is 1160 g/mol. The van der Waals surface area contributed by atoms with Crippen LogP contribution in [0.5, 0.6) is 0 Å². The SMILES string of the molecule is CC(C)C[C@H](NC(=O)[C@H](C)NC(=O)CN)C(=O)N1CCC[C@H]1C(=O)N[C@@H](CCC(=O)NN)C(=O)N[C@H](C(=O)N[C@@H](CCCCN)C(=O)N[C@@H](CO)C(=O)N[C@@H](CCC(=O)NN)C(=O)N[C@@H](Cc1ccccc1)C(=O)NCC(N)=O)C(C)C. The number of nitrogens with one attached hydrogen (secondary N) is 11. The molecule has 0 bridgehead atoms. The first-order chi connectivity index (χ1) is 38.8. The summed E-state index contributed by atoms with van der Waals surface area (Å²) in [6, 6.07) is -3.97. The van der Waals surface area contributed by atoms with E-state index in [0.29, 0.717) is 18.4 Å². The van der Waals surface area contributed by atoms with E-state index in [0.717, 1.165) is 0 Å². The molecule has 0 aromatic heterocycles. The van der Waals surface area contributed by atoms with Crippen LogP contribution in [-0.4, -0.2) is 174 Å². The lowest BCUT2D eigenvalue weighted by Crippen LogP contribution is -2.61. The number of carbonyl (C=O) groups excluding carboxylic acids is 13. The molecule has 1 aliphatic rings. The predicted molar refractivity (Wildman–Crippen MR) is 295 cm³/mol. The first-order valence-electron chi connectivity index (χ1n) is 27.1. The van der Waals surface area contributed by atoms with Crippen LogP contribution >= 0.6 is 0 Å². The van der Waals surface area contributed by atoms with Gasteiger partial charge in [0, 0.05) is 25.8 Å². The maximum Gasteiger partial charge on any atom is 0.245 e. The van der Waals surface area contributed by atoms with Gasteiger partial charge in [-0.3, -0.25) is 73.2 Å². The van der Waals surface area contributed by atoms with Crippen molar-refractivity contribution in [1.82, 2.24) is 63.6 Å². The average molecular weight is 1160 g/mol. The summed E-state index contributed by atoms with van der Waals surface area (Å²) in [6.07, 6.45) is -0.420.